The van der Waals surface area contributed by atoms with Crippen molar-refractivity contribution < 1.29 is 13.5 Å². The molecule has 1 aliphatic rings. The molecule has 1 aromatic carbocycles. The second kappa shape index (κ2) is 5.22. The predicted octanol–water partition coefficient (Wildman–Crippen LogP) is 3.52. The van der Waals surface area contributed by atoms with Crippen LogP contribution < -0.4 is 10.5 Å². The number of ether oxygens (including phenoxy) is 1. The van der Waals surface area contributed by atoms with E-state index >= 15 is 0 Å². The van der Waals surface area contributed by atoms with Gasteiger partial charge in [0.05, 0.1) is 7.11 Å². The van der Waals surface area contributed by atoms with Gasteiger partial charge in [-0.15, -0.1) is 0 Å². The van der Waals surface area contributed by atoms with Gasteiger partial charge in [0.1, 0.15) is 5.75 Å². The monoisotopic (exact) mass is 255 g/mol. The minimum atomic E-state index is -2.49. The van der Waals surface area contributed by atoms with Crippen molar-refractivity contribution in [3.63, 3.8) is 0 Å². The first-order chi connectivity index (χ1) is 8.52. The Kier molecular flexibility index (Phi) is 3.85. The van der Waals surface area contributed by atoms with Crippen LogP contribution in [0.4, 0.5) is 8.78 Å². The Morgan fingerprint density at radius 1 is 1.22 bits per heavy atom. The summed E-state index contributed by atoms with van der Waals surface area (Å²) in [7, 11) is 1.61. The van der Waals surface area contributed by atoms with Crippen LogP contribution in [0, 0.1) is 5.92 Å². The lowest BCUT2D eigenvalue weighted by atomic mass is 9.80. The third-order valence-corrected chi connectivity index (χ3v) is 3.77. The van der Waals surface area contributed by atoms with Crippen LogP contribution in [0.5, 0.6) is 5.75 Å². The van der Waals surface area contributed by atoms with Gasteiger partial charge >= 0.3 is 0 Å². The van der Waals surface area contributed by atoms with E-state index in [-0.39, 0.29) is 24.8 Å². The fourth-order valence-corrected chi connectivity index (χ4v) is 2.52. The average molecular weight is 255 g/mol. The second-order valence-corrected chi connectivity index (χ2v) is 4.99. The number of hydrogen-bond donors (Lipinski definition) is 1. The molecule has 2 rings (SSSR count). The highest BCUT2D eigenvalue weighted by Gasteiger charge is 2.36. The topological polar surface area (TPSA) is 35.2 Å². The molecule has 0 radical (unpaired) electrons. The van der Waals surface area contributed by atoms with Gasteiger partial charge in [-0.05, 0) is 36.5 Å². The lowest BCUT2D eigenvalue weighted by Gasteiger charge is -2.32. The van der Waals surface area contributed by atoms with Crippen molar-refractivity contribution in [3.8, 4) is 5.75 Å². The fraction of sp³-hybridized carbons (Fsp3) is 0.571. The second-order valence-electron chi connectivity index (χ2n) is 4.99. The molecule has 1 saturated carbocycles. The van der Waals surface area contributed by atoms with Crippen molar-refractivity contribution in [2.24, 2.45) is 11.7 Å². The SMILES string of the molecule is COc1ccc(C(N)C2CCC(F)(F)CC2)cc1. The fourth-order valence-electron chi connectivity index (χ4n) is 2.52. The Balaban J connectivity index is 2.00. The van der Waals surface area contributed by atoms with Gasteiger partial charge in [-0.1, -0.05) is 12.1 Å². The first kappa shape index (κ1) is 13.3. The highest BCUT2D eigenvalue weighted by molar-refractivity contribution is 5.29. The quantitative estimate of drug-likeness (QED) is 0.896. The Hall–Kier alpha value is -1.16. The van der Waals surface area contributed by atoms with Crippen LogP contribution in [0.15, 0.2) is 24.3 Å². The molecule has 18 heavy (non-hydrogen) atoms. The molecule has 0 aliphatic heterocycles. The molecule has 0 saturated heterocycles. The van der Waals surface area contributed by atoms with Crippen LogP contribution in [0.25, 0.3) is 0 Å². The normalized spacial score (nSPS) is 21.6. The van der Waals surface area contributed by atoms with E-state index in [4.69, 9.17) is 10.5 Å². The summed E-state index contributed by atoms with van der Waals surface area (Å²) in [6.45, 7) is 0. The predicted molar refractivity (Wildman–Crippen MR) is 66.8 cm³/mol. The van der Waals surface area contributed by atoms with E-state index < -0.39 is 5.92 Å². The minimum absolute atomic E-state index is 0.0402. The van der Waals surface area contributed by atoms with E-state index in [2.05, 4.69) is 0 Å². The minimum Gasteiger partial charge on any atom is -0.497 e. The molecule has 100 valence electrons. The van der Waals surface area contributed by atoms with Crippen molar-refractivity contribution in [1.29, 1.82) is 0 Å². The molecule has 1 atom stereocenters. The zero-order valence-electron chi connectivity index (χ0n) is 10.5. The maximum atomic E-state index is 13.1. The van der Waals surface area contributed by atoms with Crippen LogP contribution in [-0.4, -0.2) is 13.0 Å². The average Bonchev–Trinajstić information content (AvgIpc) is 2.38. The largest absolute Gasteiger partial charge is 0.497 e. The molecule has 0 bridgehead atoms. The first-order valence-electron chi connectivity index (χ1n) is 6.29. The van der Waals surface area contributed by atoms with Gasteiger partial charge in [-0.25, -0.2) is 8.78 Å². The van der Waals surface area contributed by atoms with Crippen molar-refractivity contribution in [2.45, 2.75) is 37.6 Å². The highest BCUT2D eigenvalue weighted by Crippen LogP contribution is 2.40. The third-order valence-electron chi connectivity index (χ3n) is 3.77. The van der Waals surface area contributed by atoms with Gasteiger partial charge in [0.25, 0.3) is 0 Å². The van der Waals surface area contributed by atoms with Gasteiger partial charge in [0.15, 0.2) is 0 Å². The number of methoxy groups -OCH3 is 1. The lowest BCUT2D eigenvalue weighted by molar-refractivity contribution is -0.0483. The highest BCUT2D eigenvalue weighted by atomic mass is 19.3. The van der Waals surface area contributed by atoms with Crippen LogP contribution in [0.3, 0.4) is 0 Å². The van der Waals surface area contributed by atoms with Crippen LogP contribution in [0.1, 0.15) is 37.3 Å². The summed E-state index contributed by atoms with van der Waals surface area (Å²) in [5.41, 5.74) is 7.16. The first-order valence-corrected chi connectivity index (χ1v) is 6.29. The lowest BCUT2D eigenvalue weighted by Crippen LogP contribution is -2.30. The van der Waals surface area contributed by atoms with Gasteiger partial charge in [0.2, 0.25) is 5.92 Å². The molecule has 2 nitrogen and oxygen atoms in total. The summed E-state index contributed by atoms with van der Waals surface area (Å²) >= 11 is 0. The van der Waals surface area contributed by atoms with E-state index in [0.717, 1.165) is 11.3 Å². The standard InChI is InChI=1S/C14H19F2NO/c1-18-12-4-2-10(3-5-12)13(17)11-6-8-14(15,16)9-7-11/h2-5,11,13H,6-9,17H2,1H3. The van der Waals surface area contributed by atoms with Gasteiger partial charge in [-0.3, -0.25) is 0 Å². The zero-order valence-corrected chi connectivity index (χ0v) is 10.5. The van der Waals surface area contributed by atoms with Gasteiger partial charge < -0.3 is 10.5 Å². The van der Waals surface area contributed by atoms with Crippen LogP contribution >= 0.6 is 0 Å². The molecule has 1 aliphatic carbocycles. The van der Waals surface area contributed by atoms with E-state index in [1.165, 1.54) is 0 Å². The molecule has 1 unspecified atom stereocenters. The summed E-state index contributed by atoms with van der Waals surface area (Å²) < 4.78 is 31.3. The molecule has 0 heterocycles. The number of rotatable bonds is 3. The zero-order chi connectivity index (χ0) is 13.2. The van der Waals surface area contributed by atoms with Crippen LogP contribution in [0.2, 0.25) is 0 Å². The molecule has 1 fully saturated rings. The molecule has 0 spiro atoms. The Labute approximate surface area is 106 Å². The molecule has 4 heteroatoms. The Bertz CT molecular complexity index is 381. The van der Waals surface area contributed by atoms with Crippen molar-refractivity contribution >= 4 is 0 Å². The van der Waals surface area contributed by atoms with Crippen molar-refractivity contribution in [1.82, 2.24) is 0 Å². The Morgan fingerprint density at radius 2 is 1.78 bits per heavy atom. The molecule has 1 aromatic rings. The molecular weight excluding hydrogens is 236 g/mol. The smallest absolute Gasteiger partial charge is 0.248 e. The molecular formula is C14H19F2NO. The van der Waals surface area contributed by atoms with Crippen molar-refractivity contribution in [2.75, 3.05) is 7.11 Å². The van der Waals surface area contributed by atoms with Gasteiger partial charge in [0, 0.05) is 18.9 Å². The summed E-state index contributed by atoms with van der Waals surface area (Å²) in [6, 6.07) is 7.37. The number of hydrogen-bond acceptors (Lipinski definition) is 2. The maximum Gasteiger partial charge on any atom is 0.248 e. The van der Waals surface area contributed by atoms with E-state index in [9.17, 15) is 8.78 Å². The van der Waals surface area contributed by atoms with E-state index in [1.54, 1.807) is 7.11 Å². The van der Waals surface area contributed by atoms with Crippen molar-refractivity contribution in [3.05, 3.63) is 29.8 Å². The molecule has 2 N–H and O–H groups in total. The number of halogens is 2. The summed E-state index contributed by atoms with van der Waals surface area (Å²) in [4.78, 5) is 0. The van der Waals surface area contributed by atoms with Crippen LogP contribution in [-0.2, 0) is 0 Å². The number of nitrogens with two attached hydrogens (primary N) is 1. The maximum absolute atomic E-state index is 13.1. The number of benzene rings is 1. The third kappa shape index (κ3) is 2.99. The molecule has 0 aromatic heterocycles. The van der Waals surface area contributed by atoms with E-state index in [0.29, 0.717) is 12.8 Å². The Morgan fingerprint density at radius 3 is 2.28 bits per heavy atom. The summed E-state index contributed by atoms with van der Waals surface area (Å²) in [5, 5.41) is 0. The molecule has 0 amide bonds. The number of alkyl halides is 2. The summed E-state index contributed by atoms with van der Waals surface area (Å²) in [5.74, 6) is -1.56. The van der Waals surface area contributed by atoms with Gasteiger partial charge in [-0.2, -0.15) is 0 Å². The summed E-state index contributed by atoms with van der Waals surface area (Å²) in [6.07, 6.45) is 0.920. The van der Waals surface area contributed by atoms with E-state index in [1.807, 2.05) is 24.3 Å².